The van der Waals surface area contributed by atoms with Crippen molar-refractivity contribution in [3.8, 4) is 0 Å². The summed E-state index contributed by atoms with van der Waals surface area (Å²) in [5.41, 5.74) is 5.05. The lowest BCUT2D eigenvalue weighted by Crippen LogP contribution is -2.24. The maximum absolute atomic E-state index is 12.7. The molecule has 1 heterocycles. The van der Waals surface area contributed by atoms with Crippen molar-refractivity contribution >= 4 is 28.1 Å². The largest absolute Gasteiger partial charge is 0.461 e. The second-order valence-electron chi connectivity index (χ2n) is 7.10. The number of carbonyl (C=O) groups excluding carboxylic acids is 1. The molecule has 27 heavy (non-hydrogen) atoms. The first-order valence-electron chi connectivity index (χ1n) is 9.32. The Morgan fingerprint density at radius 2 is 1.74 bits per heavy atom. The van der Waals surface area contributed by atoms with Gasteiger partial charge < -0.3 is 4.74 Å². The third-order valence-electron chi connectivity index (χ3n) is 5.50. The average molecular weight is 356 g/mol. The van der Waals surface area contributed by atoms with Crippen LogP contribution in [0, 0.1) is 6.92 Å². The number of carbonyl (C=O) groups is 1. The van der Waals surface area contributed by atoms with Crippen LogP contribution in [0.25, 0.3) is 10.8 Å². The van der Waals surface area contributed by atoms with Crippen LogP contribution in [-0.4, -0.2) is 18.3 Å². The number of fused-ring (bicyclic) bond motifs is 3. The van der Waals surface area contributed by atoms with Gasteiger partial charge >= 0.3 is 5.97 Å². The molecule has 3 aromatic carbocycles. The molecule has 3 aromatic rings. The van der Waals surface area contributed by atoms with Crippen LogP contribution in [-0.2, 0) is 9.53 Å². The van der Waals surface area contributed by atoms with Crippen LogP contribution in [0.1, 0.15) is 35.6 Å². The summed E-state index contributed by atoms with van der Waals surface area (Å²) in [7, 11) is 0. The highest BCUT2D eigenvalue weighted by atomic mass is 16.5. The number of esters is 1. The van der Waals surface area contributed by atoms with Gasteiger partial charge in [-0.3, -0.25) is 5.01 Å². The minimum absolute atomic E-state index is 0.0202. The van der Waals surface area contributed by atoms with Crippen LogP contribution in [0.15, 0.2) is 65.8 Å². The topological polar surface area (TPSA) is 41.9 Å². The predicted octanol–water partition coefficient (Wildman–Crippen LogP) is 4.73. The minimum atomic E-state index is -0.327. The molecule has 2 aliphatic rings. The fraction of sp³-hybridized carbons (Fsp3) is 0.217. The van der Waals surface area contributed by atoms with E-state index in [1.54, 1.807) is 0 Å². The standard InChI is InChI=1S/C23H20N2O2/c1-3-27-23(26)21-20-17-8-4-6-15-7-5-9-18(19(15)17)22(20)25(24-21)16-12-10-14(2)11-13-16/h4-13,20,22H,3H2,1-2H3/t20-,22+/m1/s1. The first-order valence-corrected chi connectivity index (χ1v) is 9.32. The highest BCUT2D eigenvalue weighted by Gasteiger charge is 2.48. The van der Waals surface area contributed by atoms with Gasteiger partial charge in [0.2, 0.25) is 0 Å². The van der Waals surface area contributed by atoms with Crippen LogP contribution in [0.5, 0.6) is 0 Å². The second-order valence-corrected chi connectivity index (χ2v) is 7.10. The maximum atomic E-state index is 12.7. The molecule has 0 aromatic heterocycles. The first-order chi connectivity index (χ1) is 13.2. The van der Waals surface area contributed by atoms with Crippen molar-refractivity contribution in [1.82, 2.24) is 0 Å². The zero-order valence-electron chi connectivity index (χ0n) is 15.3. The molecule has 2 atom stereocenters. The Kier molecular flexibility index (Phi) is 3.54. The normalized spacial score (nSPS) is 19.9. The summed E-state index contributed by atoms with van der Waals surface area (Å²) >= 11 is 0. The van der Waals surface area contributed by atoms with Crippen LogP contribution >= 0.6 is 0 Å². The average Bonchev–Trinajstić information content (AvgIpc) is 3.22. The van der Waals surface area contributed by atoms with E-state index in [1.165, 1.54) is 21.9 Å². The van der Waals surface area contributed by atoms with Gasteiger partial charge in [0.05, 0.1) is 24.3 Å². The molecule has 0 amide bonds. The zero-order chi connectivity index (χ0) is 18.5. The van der Waals surface area contributed by atoms with E-state index in [0.29, 0.717) is 12.3 Å². The minimum Gasteiger partial charge on any atom is -0.461 e. The van der Waals surface area contributed by atoms with Gasteiger partial charge in [-0.05, 0) is 47.9 Å². The van der Waals surface area contributed by atoms with Crippen molar-refractivity contribution in [3.63, 3.8) is 0 Å². The van der Waals surface area contributed by atoms with Gasteiger partial charge in [0.15, 0.2) is 5.71 Å². The van der Waals surface area contributed by atoms with E-state index in [4.69, 9.17) is 9.84 Å². The number of nitrogens with zero attached hydrogens (tertiary/aromatic N) is 2. The van der Waals surface area contributed by atoms with E-state index >= 15 is 0 Å². The second kappa shape index (κ2) is 5.95. The van der Waals surface area contributed by atoms with Gasteiger partial charge in [-0.2, -0.15) is 5.10 Å². The summed E-state index contributed by atoms with van der Waals surface area (Å²) in [6, 6.07) is 20.9. The SMILES string of the molecule is CCOC(=O)C1=NN(c2ccc(C)cc2)[C@H]2c3cccc4cccc(c34)[C@H]12. The summed E-state index contributed by atoms with van der Waals surface area (Å²) in [5, 5.41) is 9.18. The highest BCUT2D eigenvalue weighted by Crippen LogP contribution is 2.53. The Morgan fingerprint density at radius 3 is 2.44 bits per heavy atom. The van der Waals surface area contributed by atoms with Crippen molar-refractivity contribution in [2.24, 2.45) is 5.10 Å². The molecular formula is C23H20N2O2. The summed E-state index contributed by atoms with van der Waals surface area (Å²) in [5.74, 6) is -0.432. The van der Waals surface area contributed by atoms with Crippen molar-refractivity contribution in [2.45, 2.75) is 25.8 Å². The Hall–Kier alpha value is -3.14. The molecule has 4 heteroatoms. The molecule has 134 valence electrons. The van der Waals surface area contributed by atoms with E-state index in [-0.39, 0.29) is 17.9 Å². The van der Waals surface area contributed by atoms with E-state index in [1.807, 2.05) is 11.9 Å². The third kappa shape index (κ3) is 2.29. The van der Waals surface area contributed by atoms with Crippen molar-refractivity contribution < 1.29 is 9.53 Å². The molecule has 5 rings (SSSR count). The monoisotopic (exact) mass is 356 g/mol. The fourth-order valence-corrected chi connectivity index (χ4v) is 4.35. The van der Waals surface area contributed by atoms with Gasteiger partial charge in [0.25, 0.3) is 0 Å². The van der Waals surface area contributed by atoms with Gasteiger partial charge in [0, 0.05) is 0 Å². The molecule has 0 fully saturated rings. The van der Waals surface area contributed by atoms with Crippen LogP contribution in [0.3, 0.4) is 0 Å². The lowest BCUT2D eigenvalue weighted by atomic mass is 9.92. The molecule has 0 unspecified atom stereocenters. The predicted molar refractivity (Wildman–Crippen MR) is 107 cm³/mol. The van der Waals surface area contributed by atoms with E-state index in [9.17, 15) is 4.79 Å². The number of ether oxygens (including phenoxy) is 1. The Labute approximate surface area is 158 Å². The van der Waals surface area contributed by atoms with Crippen molar-refractivity contribution in [3.05, 3.63) is 77.4 Å². The van der Waals surface area contributed by atoms with E-state index in [0.717, 1.165) is 11.3 Å². The lowest BCUT2D eigenvalue weighted by molar-refractivity contribution is -0.135. The number of hydrazone groups is 1. The van der Waals surface area contributed by atoms with Crippen LogP contribution in [0.2, 0.25) is 0 Å². The summed E-state index contributed by atoms with van der Waals surface area (Å²) in [6.45, 7) is 4.24. The molecule has 0 saturated heterocycles. The first kappa shape index (κ1) is 16.1. The third-order valence-corrected chi connectivity index (χ3v) is 5.50. The van der Waals surface area contributed by atoms with E-state index < -0.39 is 0 Å². The molecule has 0 radical (unpaired) electrons. The molecule has 1 aliphatic heterocycles. The summed E-state index contributed by atoms with van der Waals surface area (Å²) in [6.07, 6.45) is 0. The number of hydrogen-bond acceptors (Lipinski definition) is 4. The molecule has 1 aliphatic carbocycles. The lowest BCUT2D eigenvalue weighted by Gasteiger charge is -2.24. The van der Waals surface area contributed by atoms with Crippen LogP contribution < -0.4 is 5.01 Å². The van der Waals surface area contributed by atoms with Gasteiger partial charge in [-0.15, -0.1) is 0 Å². The maximum Gasteiger partial charge on any atom is 0.355 e. The molecule has 4 nitrogen and oxygen atoms in total. The van der Waals surface area contributed by atoms with Gasteiger partial charge in [-0.1, -0.05) is 54.1 Å². The zero-order valence-corrected chi connectivity index (χ0v) is 15.3. The number of hydrogen-bond donors (Lipinski definition) is 0. The van der Waals surface area contributed by atoms with Gasteiger partial charge in [-0.25, -0.2) is 4.79 Å². The number of anilines is 1. The summed E-state index contributed by atoms with van der Waals surface area (Å²) in [4.78, 5) is 12.7. The Bertz CT molecular complexity index is 1080. The molecular weight excluding hydrogens is 336 g/mol. The van der Waals surface area contributed by atoms with Crippen molar-refractivity contribution in [2.75, 3.05) is 11.6 Å². The Morgan fingerprint density at radius 1 is 1.04 bits per heavy atom. The Balaban J connectivity index is 1.72. The smallest absolute Gasteiger partial charge is 0.355 e. The number of rotatable bonds is 3. The highest BCUT2D eigenvalue weighted by molar-refractivity contribution is 6.40. The quantitative estimate of drug-likeness (QED) is 0.637. The van der Waals surface area contributed by atoms with Crippen LogP contribution in [0.4, 0.5) is 5.69 Å². The molecule has 0 N–H and O–H groups in total. The van der Waals surface area contributed by atoms with E-state index in [2.05, 4.69) is 67.6 Å². The van der Waals surface area contributed by atoms with Crippen molar-refractivity contribution in [1.29, 1.82) is 0 Å². The molecule has 0 saturated carbocycles. The summed E-state index contributed by atoms with van der Waals surface area (Å²) < 4.78 is 5.34. The number of aryl methyl sites for hydroxylation is 1. The number of benzene rings is 3. The molecule has 0 spiro atoms. The fourth-order valence-electron chi connectivity index (χ4n) is 4.35. The van der Waals surface area contributed by atoms with Gasteiger partial charge in [0.1, 0.15) is 0 Å². The molecule has 0 bridgehead atoms.